The summed E-state index contributed by atoms with van der Waals surface area (Å²) in [7, 11) is -3.44. The number of hydrogen-bond donors (Lipinski definition) is 1. The highest BCUT2D eigenvalue weighted by atomic mass is 32.2. The third-order valence-electron chi connectivity index (χ3n) is 5.30. The Labute approximate surface area is 165 Å². The van der Waals surface area contributed by atoms with Crippen molar-refractivity contribution >= 4 is 21.6 Å². The Bertz CT molecular complexity index is 1010. The van der Waals surface area contributed by atoms with Crippen LogP contribution in [0.4, 0.5) is 5.69 Å². The lowest BCUT2D eigenvalue weighted by molar-refractivity contribution is 0.0951. The minimum Gasteiger partial charge on any atom is -0.352 e. The second-order valence-corrected chi connectivity index (χ2v) is 9.86. The summed E-state index contributed by atoms with van der Waals surface area (Å²) < 4.78 is 27.7. The summed E-state index contributed by atoms with van der Waals surface area (Å²) in [6, 6.07) is 5.33. The molecule has 1 saturated carbocycles. The largest absolute Gasteiger partial charge is 0.352 e. The molecule has 0 bridgehead atoms. The zero-order valence-electron chi connectivity index (χ0n) is 16.3. The van der Waals surface area contributed by atoms with Crippen LogP contribution in [0, 0.1) is 5.92 Å². The molecule has 0 saturated heterocycles. The molecule has 1 aromatic carbocycles. The number of amides is 1. The standard InChI is InChI=1S/C19H25N5O3S/c1-12(2)23-11-21-18(22-23)16-10-24(28(3,26)27)17-7-6-14(8-15(16)17)19(25)20-9-13-4-5-13/h6-8,11-13,16H,4-5,9-10H2,1-3H3,(H,20,25)/t16-/m1/s1. The number of nitrogens with one attached hydrogen (secondary N) is 1. The van der Waals surface area contributed by atoms with E-state index in [1.807, 2.05) is 13.8 Å². The van der Waals surface area contributed by atoms with Crippen LogP contribution in [0.1, 0.15) is 60.4 Å². The van der Waals surface area contributed by atoms with Gasteiger partial charge in [0.05, 0.1) is 17.9 Å². The predicted octanol–water partition coefficient (Wildman–Crippen LogP) is 1.91. The molecule has 1 aliphatic carbocycles. The Hall–Kier alpha value is -2.42. The van der Waals surface area contributed by atoms with Crippen molar-refractivity contribution in [3.8, 4) is 0 Å². The Morgan fingerprint density at radius 3 is 2.68 bits per heavy atom. The second-order valence-electron chi connectivity index (χ2n) is 7.95. The highest BCUT2D eigenvalue weighted by molar-refractivity contribution is 7.92. The van der Waals surface area contributed by atoms with Gasteiger partial charge in [-0.05, 0) is 56.4 Å². The predicted molar refractivity (Wildman–Crippen MR) is 106 cm³/mol. The van der Waals surface area contributed by atoms with Crippen molar-refractivity contribution in [2.45, 2.75) is 38.6 Å². The topological polar surface area (TPSA) is 97.2 Å². The van der Waals surface area contributed by atoms with E-state index in [9.17, 15) is 13.2 Å². The van der Waals surface area contributed by atoms with Gasteiger partial charge in [0.15, 0.2) is 5.82 Å². The van der Waals surface area contributed by atoms with Crippen LogP contribution in [0.2, 0.25) is 0 Å². The number of carbonyl (C=O) groups excluding carboxylic acids is 1. The van der Waals surface area contributed by atoms with E-state index >= 15 is 0 Å². The number of nitrogens with zero attached hydrogens (tertiary/aromatic N) is 4. The van der Waals surface area contributed by atoms with Crippen molar-refractivity contribution in [3.05, 3.63) is 41.5 Å². The number of anilines is 1. The quantitative estimate of drug-likeness (QED) is 0.795. The average molecular weight is 404 g/mol. The fraction of sp³-hybridized carbons (Fsp3) is 0.526. The Morgan fingerprint density at radius 1 is 1.32 bits per heavy atom. The van der Waals surface area contributed by atoms with Gasteiger partial charge in [0, 0.05) is 24.7 Å². The minimum atomic E-state index is -3.44. The SMILES string of the molecule is CC(C)n1cnc([C@@H]2CN(S(C)(=O)=O)c3ccc(C(=O)NCC4CC4)cc32)n1. The van der Waals surface area contributed by atoms with Crippen molar-refractivity contribution in [3.63, 3.8) is 0 Å². The van der Waals surface area contributed by atoms with Crippen LogP contribution in [-0.2, 0) is 10.0 Å². The Balaban J connectivity index is 1.69. The van der Waals surface area contributed by atoms with Crippen LogP contribution in [-0.4, -0.2) is 48.4 Å². The third-order valence-corrected chi connectivity index (χ3v) is 6.44. The Morgan fingerprint density at radius 2 is 2.07 bits per heavy atom. The molecule has 4 rings (SSSR count). The molecule has 8 nitrogen and oxygen atoms in total. The highest BCUT2D eigenvalue weighted by Crippen LogP contribution is 2.41. The van der Waals surface area contributed by atoms with Gasteiger partial charge in [-0.15, -0.1) is 0 Å². The molecule has 1 aliphatic heterocycles. The van der Waals surface area contributed by atoms with Crippen molar-refractivity contribution in [1.82, 2.24) is 20.1 Å². The number of sulfonamides is 1. The molecule has 2 aliphatic rings. The fourth-order valence-electron chi connectivity index (χ4n) is 3.46. The summed E-state index contributed by atoms with van der Waals surface area (Å²) in [6.45, 7) is 4.94. The monoisotopic (exact) mass is 403 g/mol. The molecule has 1 aromatic heterocycles. The summed E-state index contributed by atoms with van der Waals surface area (Å²) in [5.74, 6) is 0.723. The van der Waals surface area contributed by atoms with Gasteiger partial charge in [0.2, 0.25) is 10.0 Å². The van der Waals surface area contributed by atoms with Gasteiger partial charge in [-0.2, -0.15) is 5.10 Å². The maximum absolute atomic E-state index is 12.5. The van der Waals surface area contributed by atoms with E-state index in [1.54, 1.807) is 29.2 Å². The molecule has 1 amide bonds. The molecule has 1 atom stereocenters. The molecule has 2 heterocycles. The molecule has 1 fully saturated rings. The molecular formula is C19H25N5O3S. The molecule has 9 heteroatoms. The zero-order valence-corrected chi connectivity index (χ0v) is 17.1. The van der Waals surface area contributed by atoms with Gasteiger partial charge in [-0.25, -0.2) is 13.4 Å². The first-order chi connectivity index (χ1) is 13.2. The van der Waals surface area contributed by atoms with E-state index < -0.39 is 10.0 Å². The van der Waals surface area contributed by atoms with Crippen LogP contribution in [0.3, 0.4) is 0 Å². The maximum Gasteiger partial charge on any atom is 0.251 e. The molecule has 2 aromatic rings. The number of rotatable bonds is 6. The van der Waals surface area contributed by atoms with E-state index in [0.29, 0.717) is 29.5 Å². The van der Waals surface area contributed by atoms with Crippen molar-refractivity contribution in [2.24, 2.45) is 5.92 Å². The van der Waals surface area contributed by atoms with Gasteiger partial charge < -0.3 is 5.32 Å². The lowest BCUT2D eigenvalue weighted by Gasteiger charge is -2.16. The van der Waals surface area contributed by atoms with Crippen LogP contribution in [0.5, 0.6) is 0 Å². The number of fused-ring (bicyclic) bond motifs is 1. The van der Waals surface area contributed by atoms with Crippen LogP contribution < -0.4 is 9.62 Å². The van der Waals surface area contributed by atoms with Gasteiger partial charge in [-0.3, -0.25) is 13.8 Å². The van der Waals surface area contributed by atoms with E-state index in [2.05, 4.69) is 15.4 Å². The second kappa shape index (κ2) is 6.88. The van der Waals surface area contributed by atoms with E-state index in [4.69, 9.17) is 0 Å². The van der Waals surface area contributed by atoms with E-state index in [0.717, 1.165) is 5.56 Å². The van der Waals surface area contributed by atoms with Crippen molar-refractivity contribution < 1.29 is 13.2 Å². The first-order valence-electron chi connectivity index (χ1n) is 9.55. The molecule has 0 spiro atoms. The normalized spacial score (nSPS) is 19.1. The van der Waals surface area contributed by atoms with Gasteiger partial charge in [-0.1, -0.05) is 0 Å². The molecule has 1 N–H and O–H groups in total. The lowest BCUT2D eigenvalue weighted by Crippen LogP contribution is -2.29. The number of carbonyl (C=O) groups is 1. The van der Waals surface area contributed by atoms with Crippen LogP contribution in [0.25, 0.3) is 0 Å². The zero-order chi connectivity index (χ0) is 20.1. The smallest absolute Gasteiger partial charge is 0.251 e. The summed E-state index contributed by atoms with van der Waals surface area (Å²) in [5.41, 5.74) is 1.89. The summed E-state index contributed by atoms with van der Waals surface area (Å²) in [5, 5.41) is 7.49. The minimum absolute atomic E-state index is 0.132. The van der Waals surface area contributed by atoms with Gasteiger partial charge in [0.25, 0.3) is 5.91 Å². The number of hydrogen-bond acceptors (Lipinski definition) is 5. The van der Waals surface area contributed by atoms with Crippen molar-refractivity contribution in [2.75, 3.05) is 23.7 Å². The molecule has 0 radical (unpaired) electrons. The maximum atomic E-state index is 12.5. The third kappa shape index (κ3) is 3.63. The van der Waals surface area contributed by atoms with E-state index in [-0.39, 0.29) is 24.4 Å². The molecule has 150 valence electrons. The summed E-state index contributed by atoms with van der Waals surface area (Å²) in [6.07, 6.45) is 5.19. The lowest BCUT2D eigenvalue weighted by atomic mass is 9.98. The Kier molecular flexibility index (Phi) is 4.65. The van der Waals surface area contributed by atoms with E-state index in [1.165, 1.54) is 23.4 Å². The first kappa shape index (κ1) is 18.9. The number of aromatic nitrogens is 3. The number of benzene rings is 1. The highest BCUT2D eigenvalue weighted by Gasteiger charge is 2.37. The first-order valence-corrected chi connectivity index (χ1v) is 11.4. The average Bonchev–Trinajstić information content (AvgIpc) is 3.17. The van der Waals surface area contributed by atoms with Crippen molar-refractivity contribution in [1.29, 1.82) is 0 Å². The fourth-order valence-corrected chi connectivity index (χ4v) is 4.40. The van der Waals surface area contributed by atoms with Crippen LogP contribution in [0.15, 0.2) is 24.5 Å². The van der Waals surface area contributed by atoms with Gasteiger partial charge in [0.1, 0.15) is 6.33 Å². The molecule has 0 unspecified atom stereocenters. The molecular weight excluding hydrogens is 378 g/mol. The summed E-state index contributed by atoms with van der Waals surface area (Å²) >= 11 is 0. The summed E-state index contributed by atoms with van der Waals surface area (Å²) in [4.78, 5) is 16.9. The molecule has 28 heavy (non-hydrogen) atoms. The van der Waals surface area contributed by atoms with Crippen LogP contribution >= 0.6 is 0 Å². The van der Waals surface area contributed by atoms with Gasteiger partial charge >= 0.3 is 0 Å².